The monoisotopic (exact) mass is 565 g/mol. The SMILES string of the molecule is O=C(CSc1ncnc2[nH]ncc12)N[C@@H]1C(=O)N2C(C(=O)O)=C(/C=C3\CCN(CC4CC4)C3=O)CS[C@H]12.[H-].[Na+]. The number of thioether (sulfide) groups is 2. The van der Waals surface area contributed by atoms with Crippen LogP contribution in [0.25, 0.3) is 11.0 Å². The summed E-state index contributed by atoms with van der Waals surface area (Å²) in [6, 6.07) is -0.817. The van der Waals surface area contributed by atoms with E-state index in [1.807, 2.05) is 4.90 Å². The number of carbonyl (C=O) groups excluding carboxylic acids is 3. The van der Waals surface area contributed by atoms with Crippen LogP contribution in [0.4, 0.5) is 0 Å². The van der Waals surface area contributed by atoms with E-state index in [2.05, 4.69) is 25.5 Å². The summed E-state index contributed by atoms with van der Waals surface area (Å²) < 4.78 is 0. The van der Waals surface area contributed by atoms with Gasteiger partial charge in [0.05, 0.1) is 17.3 Å². The number of aromatic amines is 1. The van der Waals surface area contributed by atoms with E-state index in [4.69, 9.17) is 0 Å². The van der Waals surface area contributed by atoms with E-state index in [1.165, 1.54) is 34.8 Å². The van der Waals surface area contributed by atoms with Crippen LogP contribution in [-0.4, -0.2) is 94.8 Å². The van der Waals surface area contributed by atoms with Crippen molar-refractivity contribution in [1.29, 1.82) is 0 Å². The number of aliphatic carboxylic acids is 1. The summed E-state index contributed by atoms with van der Waals surface area (Å²) >= 11 is 2.58. The van der Waals surface area contributed by atoms with Crippen molar-refractivity contribution in [2.24, 2.45) is 5.92 Å². The second kappa shape index (κ2) is 11.0. The Labute approximate surface area is 249 Å². The van der Waals surface area contributed by atoms with Crippen molar-refractivity contribution < 1.29 is 55.3 Å². The predicted octanol–water partition coefficient (Wildman–Crippen LogP) is -2.13. The Hall–Kier alpha value is -2.39. The molecule has 3 N–H and O–H groups in total. The Morgan fingerprint density at radius 2 is 2.13 bits per heavy atom. The summed E-state index contributed by atoms with van der Waals surface area (Å²) in [4.78, 5) is 61.8. The number of nitrogens with zero attached hydrogens (tertiary/aromatic N) is 5. The minimum absolute atomic E-state index is 0. The van der Waals surface area contributed by atoms with Crippen molar-refractivity contribution in [2.45, 2.75) is 35.7 Å². The van der Waals surface area contributed by atoms with Crippen LogP contribution in [-0.2, 0) is 19.2 Å². The molecule has 4 aliphatic rings. The molecule has 3 aliphatic heterocycles. The van der Waals surface area contributed by atoms with Crippen LogP contribution in [0.5, 0.6) is 0 Å². The largest absolute Gasteiger partial charge is 1.00 e. The van der Waals surface area contributed by atoms with Crippen LogP contribution < -0.4 is 34.9 Å². The van der Waals surface area contributed by atoms with Gasteiger partial charge in [0.25, 0.3) is 5.91 Å². The molecule has 6 rings (SSSR count). The number of carboxylic acids is 1. The molecule has 12 nitrogen and oxygen atoms in total. The molecule has 2 atom stereocenters. The third-order valence-electron chi connectivity index (χ3n) is 6.81. The molecule has 0 bridgehead atoms. The van der Waals surface area contributed by atoms with E-state index in [9.17, 15) is 24.3 Å². The van der Waals surface area contributed by atoms with Gasteiger partial charge in [-0.25, -0.2) is 14.8 Å². The Balaban J connectivity index is 0.00000176. The molecule has 2 saturated heterocycles. The van der Waals surface area contributed by atoms with E-state index < -0.39 is 23.3 Å². The number of carbonyl (C=O) groups is 4. The molecular formula is C23H24N7NaO5S2. The average Bonchev–Trinajstić information content (AvgIpc) is 3.46. The first-order chi connectivity index (χ1) is 17.9. The van der Waals surface area contributed by atoms with E-state index in [-0.39, 0.29) is 54.2 Å². The number of H-pyrrole nitrogens is 1. The molecule has 194 valence electrons. The van der Waals surface area contributed by atoms with Crippen LogP contribution in [0.15, 0.2) is 40.5 Å². The van der Waals surface area contributed by atoms with Crippen LogP contribution in [0.3, 0.4) is 0 Å². The maximum absolute atomic E-state index is 13.0. The molecule has 3 fully saturated rings. The second-order valence-electron chi connectivity index (χ2n) is 9.35. The standard InChI is InChI=1S/C23H23N7O5S2.Na.H/c31-15(9-36-19-14-6-26-28-18(14)24-10-25-19)27-16-21(33)30-17(23(34)35)13(8-37-22(16)30)5-12-3-4-29(20(12)32)7-11-1-2-11;;/h5-6,10-11,16,22H,1-4,7-9H2,(H,27,31)(H,34,35)(H,24,25,26,28);;/q;+1;-1/b12-5+;;/t16-,22-;;/m1../s1. The molecule has 38 heavy (non-hydrogen) atoms. The number of rotatable bonds is 8. The molecule has 5 heterocycles. The molecule has 0 spiro atoms. The predicted molar refractivity (Wildman–Crippen MR) is 135 cm³/mol. The smallest absolute Gasteiger partial charge is 1.00 e. The summed E-state index contributed by atoms with van der Waals surface area (Å²) in [6.07, 6.45) is 7.48. The zero-order valence-corrected chi connectivity index (χ0v) is 24.2. The number of allylic oxidation sites excluding steroid dienone is 1. The van der Waals surface area contributed by atoms with Gasteiger partial charge in [-0.3, -0.25) is 24.4 Å². The number of carboxylic acid groups (broad SMARTS) is 1. The second-order valence-corrected chi connectivity index (χ2v) is 11.4. The molecule has 1 aliphatic carbocycles. The van der Waals surface area contributed by atoms with Gasteiger partial charge in [-0.1, -0.05) is 11.8 Å². The van der Waals surface area contributed by atoms with Crippen molar-refractivity contribution in [3.8, 4) is 0 Å². The van der Waals surface area contributed by atoms with Gasteiger partial charge in [0.15, 0.2) is 5.65 Å². The number of fused-ring (bicyclic) bond motifs is 2. The zero-order valence-electron chi connectivity index (χ0n) is 21.5. The Morgan fingerprint density at radius 1 is 1.32 bits per heavy atom. The Morgan fingerprint density at radius 3 is 2.89 bits per heavy atom. The summed E-state index contributed by atoms with van der Waals surface area (Å²) in [5.41, 5.74) is 1.49. The summed E-state index contributed by atoms with van der Waals surface area (Å²) in [7, 11) is 0. The number of aromatic nitrogens is 4. The van der Waals surface area contributed by atoms with Crippen molar-refractivity contribution in [3.63, 3.8) is 0 Å². The Bertz CT molecular complexity index is 1400. The fourth-order valence-corrected chi connectivity index (χ4v) is 6.84. The maximum Gasteiger partial charge on any atom is 1.00 e. The molecule has 0 radical (unpaired) electrons. The topological polar surface area (TPSA) is 161 Å². The number of hydrogen-bond donors (Lipinski definition) is 3. The van der Waals surface area contributed by atoms with Gasteiger partial charge in [-0.2, -0.15) is 5.10 Å². The fourth-order valence-electron chi connectivity index (χ4n) is 4.76. The average molecular weight is 566 g/mol. The quantitative estimate of drug-likeness (QED) is 0.106. The molecule has 2 aromatic rings. The van der Waals surface area contributed by atoms with Crippen LogP contribution in [0.2, 0.25) is 0 Å². The van der Waals surface area contributed by atoms with Gasteiger partial charge in [0.1, 0.15) is 28.5 Å². The fraction of sp³-hybridized carbons (Fsp3) is 0.435. The van der Waals surface area contributed by atoms with Gasteiger partial charge < -0.3 is 16.7 Å². The number of β-lactam (4-membered cyclic amide) rings is 1. The van der Waals surface area contributed by atoms with Gasteiger partial charge in [-0.15, -0.1) is 11.8 Å². The molecule has 15 heteroatoms. The molecule has 1 saturated carbocycles. The van der Waals surface area contributed by atoms with E-state index in [0.29, 0.717) is 51.8 Å². The Kier molecular flexibility index (Phi) is 7.87. The minimum atomic E-state index is -1.22. The van der Waals surface area contributed by atoms with Crippen LogP contribution in [0, 0.1) is 5.92 Å². The normalized spacial score (nSPS) is 23.9. The molecule has 0 aromatic carbocycles. The first-order valence-corrected chi connectivity index (χ1v) is 13.9. The third kappa shape index (κ3) is 5.11. The summed E-state index contributed by atoms with van der Waals surface area (Å²) in [6.45, 7) is 1.40. The maximum atomic E-state index is 13.0. The zero-order chi connectivity index (χ0) is 25.7. The van der Waals surface area contributed by atoms with Gasteiger partial charge in [0, 0.05) is 24.4 Å². The van der Waals surface area contributed by atoms with Crippen LogP contribution >= 0.6 is 23.5 Å². The summed E-state index contributed by atoms with van der Waals surface area (Å²) in [5, 5.41) is 20.1. The van der Waals surface area contributed by atoms with E-state index in [0.717, 1.165) is 19.4 Å². The molecule has 3 amide bonds. The van der Waals surface area contributed by atoms with Crippen molar-refractivity contribution in [1.82, 2.24) is 35.3 Å². The summed E-state index contributed by atoms with van der Waals surface area (Å²) in [5.74, 6) is -1.17. The molecule has 0 unspecified atom stereocenters. The molecular weight excluding hydrogens is 541 g/mol. The number of hydrogen-bond acceptors (Lipinski definition) is 9. The number of likely N-dealkylation sites (tertiary alicyclic amines) is 1. The van der Waals surface area contributed by atoms with Crippen molar-refractivity contribution in [2.75, 3.05) is 24.6 Å². The van der Waals surface area contributed by atoms with Gasteiger partial charge in [-0.05, 0) is 36.8 Å². The van der Waals surface area contributed by atoms with E-state index in [1.54, 1.807) is 12.3 Å². The van der Waals surface area contributed by atoms with Crippen molar-refractivity contribution in [3.05, 3.63) is 35.4 Å². The first-order valence-electron chi connectivity index (χ1n) is 11.9. The van der Waals surface area contributed by atoms with Gasteiger partial charge in [0.2, 0.25) is 11.8 Å². The van der Waals surface area contributed by atoms with E-state index >= 15 is 0 Å². The van der Waals surface area contributed by atoms with Gasteiger partial charge >= 0.3 is 35.5 Å². The first kappa shape index (κ1) is 27.2. The molecule has 2 aromatic heterocycles. The number of nitrogens with one attached hydrogen (secondary N) is 2. The third-order valence-corrected chi connectivity index (χ3v) is 9.11. The number of amides is 3. The minimum Gasteiger partial charge on any atom is -1.00 e. The van der Waals surface area contributed by atoms with Crippen LogP contribution in [0.1, 0.15) is 20.7 Å². The van der Waals surface area contributed by atoms with Crippen molar-refractivity contribution >= 4 is 58.2 Å².